The molecule has 0 amide bonds. The van der Waals surface area contributed by atoms with Gasteiger partial charge in [-0.15, -0.1) is 0 Å². The van der Waals surface area contributed by atoms with Gasteiger partial charge in [-0.1, -0.05) is 0 Å². The van der Waals surface area contributed by atoms with Crippen molar-refractivity contribution < 1.29 is 19.7 Å². The molecule has 2 fully saturated rings. The molecule has 6 unspecified atom stereocenters. The van der Waals surface area contributed by atoms with E-state index in [-0.39, 0.29) is 49.3 Å². The van der Waals surface area contributed by atoms with Gasteiger partial charge in [0.05, 0.1) is 25.4 Å². The zero-order chi connectivity index (χ0) is 12.4. The Labute approximate surface area is 104 Å². The predicted octanol–water partition coefficient (Wildman–Crippen LogP) is -0.840. The second-order valence-electron chi connectivity index (χ2n) is 5.02. The van der Waals surface area contributed by atoms with Crippen molar-refractivity contribution in [1.29, 1.82) is 0 Å². The van der Waals surface area contributed by atoms with E-state index in [4.69, 9.17) is 25.2 Å². The second-order valence-corrected chi connectivity index (χ2v) is 5.02. The number of hydrogen-bond donors (Lipinski definition) is 2. The van der Waals surface area contributed by atoms with Crippen molar-refractivity contribution in [3.05, 3.63) is 0 Å². The summed E-state index contributed by atoms with van der Waals surface area (Å²) in [6.07, 6.45) is 1.93. The van der Waals surface area contributed by atoms with Gasteiger partial charge in [0.15, 0.2) is 0 Å². The van der Waals surface area contributed by atoms with Crippen LogP contribution in [0.1, 0.15) is 19.3 Å². The molecule has 0 aromatic carbocycles. The van der Waals surface area contributed by atoms with Gasteiger partial charge in [-0.3, -0.25) is 0 Å². The molecule has 2 heterocycles. The van der Waals surface area contributed by atoms with Crippen LogP contribution in [0.15, 0.2) is 0 Å². The van der Waals surface area contributed by atoms with Crippen LogP contribution in [0.25, 0.3) is 0 Å². The van der Waals surface area contributed by atoms with Crippen molar-refractivity contribution in [3.63, 3.8) is 0 Å². The zero-order valence-corrected chi connectivity index (χ0v) is 9.87. The monoisotopic (exact) mass is 236 g/mol. The lowest BCUT2D eigenvalue weighted by molar-refractivity contribution is 0.00614. The molecule has 0 aromatic rings. The fourth-order valence-corrected chi connectivity index (χ4v) is 2.95. The van der Waals surface area contributed by atoms with Crippen LogP contribution in [-0.2, 0) is 9.47 Å². The third kappa shape index (κ3) is 3.05. The second kappa shape index (κ2) is 5.74. The van der Waals surface area contributed by atoms with Crippen LogP contribution in [-0.4, -0.2) is 63.3 Å². The molecule has 0 spiro atoms. The Morgan fingerprint density at radius 1 is 0.882 bits per heavy atom. The fraction of sp³-hybridized carbons (Fsp3) is 1.00. The largest absolute Gasteiger partial charge is 0.394 e. The van der Waals surface area contributed by atoms with E-state index < -0.39 is 0 Å². The Kier molecular flexibility index (Phi) is 4.53. The minimum atomic E-state index is -0.291. The molecule has 4 nitrogen and oxygen atoms in total. The first-order valence-corrected chi connectivity index (χ1v) is 6.17. The smallest absolute Gasteiger partial charge is 0.109 e. The molecule has 6 atom stereocenters. The molecule has 2 N–H and O–H groups in total. The van der Waals surface area contributed by atoms with Gasteiger partial charge < -0.3 is 19.7 Å². The quantitative estimate of drug-likeness (QED) is 0.625. The summed E-state index contributed by atoms with van der Waals surface area (Å²) in [6.45, 7) is -0.0242. The van der Waals surface area contributed by atoms with Crippen LogP contribution >= 0.6 is 0 Å². The van der Waals surface area contributed by atoms with E-state index in [0.29, 0.717) is 0 Å². The summed E-state index contributed by atoms with van der Waals surface area (Å²) in [5.41, 5.74) is 0. The van der Waals surface area contributed by atoms with Gasteiger partial charge >= 0.3 is 0 Å². The van der Waals surface area contributed by atoms with Crippen molar-refractivity contribution in [1.82, 2.24) is 0 Å². The molecule has 6 heteroatoms. The molecular formula is C11H18B2O4. The Hall–Kier alpha value is -0.0301. The molecule has 0 aromatic heterocycles. The maximum absolute atomic E-state index is 9.22. The third-order valence-electron chi connectivity index (χ3n) is 3.79. The molecule has 2 aliphatic heterocycles. The minimum Gasteiger partial charge on any atom is -0.394 e. The maximum Gasteiger partial charge on any atom is 0.109 e. The number of aliphatic hydroxyl groups is 2. The van der Waals surface area contributed by atoms with Crippen molar-refractivity contribution in [2.45, 2.75) is 43.5 Å². The average molecular weight is 236 g/mol. The van der Waals surface area contributed by atoms with Gasteiger partial charge in [-0.25, -0.2) is 0 Å². The summed E-state index contributed by atoms with van der Waals surface area (Å²) in [5.74, 6) is 0.450. The van der Waals surface area contributed by atoms with E-state index in [1.54, 1.807) is 0 Å². The van der Waals surface area contributed by atoms with Crippen LogP contribution in [0.4, 0.5) is 0 Å². The summed E-state index contributed by atoms with van der Waals surface area (Å²) in [7, 11) is 11.4. The molecular weight excluding hydrogens is 218 g/mol. The van der Waals surface area contributed by atoms with Gasteiger partial charge in [-0.05, 0) is 31.1 Å². The summed E-state index contributed by atoms with van der Waals surface area (Å²) in [4.78, 5) is 0. The van der Waals surface area contributed by atoms with Crippen molar-refractivity contribution >= 4 is 15.7 Å². The van der Waals surface area contributed by atoms with Gasteiger partial charge in [0.25, 0.3) is 0 Å². The summed E-state index contributed by atoms with van der Waals surface area (Å²) in [6, 6.07) is -0.582. The Morgan fingerprint density at radius 2 is 1.29 bits per heavy atom. The van der Waals surface area contributed by atoms with Gasteiger partial charge in [-0.2, -0.15) is 0 Å². The van der Waals surface area contributed by atoms with Crippen molar-refractivity contribution in [2.75, 3.05) is 13.2 Å². The first-order chi connectivity index (χ1) is 8.13. The lowest BCUT2D eigenvalue weighted by Gasteiger charge is -2.22. The maximum atomic E-state index is 9.22. The number of hydrogen-bond acceptors (Lipinski definition) is 4. The van der Waals surface area contributed by atoms with Gasteiger partial charge in [0.1, 0.15) is 15.7 Å². The van der Waals surface area contributed by atoms with Crippen molar-refractivity contribution in [2.24, 2.45) is 11.8 Å². The van der Waals surface area contributed by atoms with Gasteiger partial charge in [0.2, 0.25) is 0 Å². The molecule has 17 heavy (non-hydrogen) atoms. The highest BCUT2D eigenvalue weighted by molar-refractivity contribution is 6.11. The molecule has 0 bridgehead atoms. The molecule has 92 valence electrons. The minimum absolute atomic E-state index is 0.0121. The van der Waals surface area contributed by atoms with Crippen LogP contribution in [0.3, 0.4) is 0 Å². The molecule has 2 saturated heterocycles. The van der Waals surface area contributed by atoms with Crippen molar-refractivity contribution in [3.8, 4) is 0 Å². The average Bonchev–Trinajstić information content (AvgIpc) is 2.82. The Balaban J connectivity index is 1.91. The van der Waals surface area contributed by atoms with Crippen LogP contribution < -0.4 is 0 Å². The highest BCUT2D eigenvalue weighted by Crippen LogP contribution is 2.36. The molecule has 0 aliphatic carbocycles. The first-order valence-electron chi connectivity index (χ1n) is 6.17. The van der Waals surface area contributed by atoms with E-state index in [1.165, 1.54) is 0 Å². The summed E-state index contributed by atoms with van der Waals surface area (Å²) < 4.78 is 10.8. The highest BCUT2D eigenvalue weighted by atomic mass is 16.5. The third-order valence-corrected chi connectivity index (χ3v) is 3.79. The lowest BCUT2D eigenvalue weighted by Crippen LogP contribution is -2.27. The number of aliphatic hydroxyl groups excluding tert-OH is 2. The summed E-state index contributed by atoms with van der Waals surface area (Å²) >= 11 is 0. The zero-order valence-electron chi connectivity index (χ0n) is 9.87. The van der Waals surface area contributed by atoms with E-state index in [1.807, 2.05) is 0 Å². The molecule has 4 radical (unpaired) electrons. The number of ether oxygens (including phenoxy) is 2. The molecule has 2 aliphatic rings. The highest BCUT2D eigenvalue weighted by Gasteiger charge is 2.38. The first kappa shape index (κ1) is 13.4. The van der Waals surface area contributed by atoms with Crippen LogP contribution in [0.2, 0.25) is 0 Å². The Bertz CT molecular complexity index is 230. The van der Waals surface area contributed by atoms with Gasteiger partial charge in [0, 0.05) is 12.0 Å². The normalized spacial score (nSPS) is 46.5. The number of rotatable bonds is 4. The Morgan fingerprint density at radius 3 is 1.65 bits per heavy atom. The topological polar surface area (TPSA) is 58.9 Å². The van der Waals surface area contributed by atoms with E-state index in [9.17, 15) is 10.2 Å². The predicted molar refractivity (Wildman–Crippen MR) is 63.8 cm³/mol. The van der Waals surface area contributed by atoms with E-state index in [2.05, 4.69) is 0 Å². The summed E-state index contributed by atoms with van der Waals surface area (Å²) in [5, 5.41) is 18.4. The van der Waals surface area contributed by atoms with Crippen LogP contribution in [0, 0.1) is 11.8 Å². The van der Waals surface area contributed by atoms with E-state index >= 15 is 0 Å². The molecule has 0 saturated carbocycles. The SMILES string of the molecule is [B]C1CC(CC2CC([B])OC2CO)C(CO)O1. The molecule has 2 rings (SSSR count). The fourth-order valence-electron chi connectivity index (χ4n) is 2.95. The van der Waals surface area contributed by atoms with E-state index in [0.717, 1.165) is 19.3 Å². The standard InChI is InChI=1S/C11H18B2O4/c12-10-2-6(8(4-14)16-10)1-7-3-11(13)17-9(7)5-15/h6-11,14-15H,1-5H2. The van der Waals surface area contributed by atoms with Crippen LogP contribution in [0.5, 0.6) is 0 Å². The lowest BCUT2D eigenvalue weighted by atomic mass is 9.80.